The molecule has 2 rings (SSSR count). The van der Waals surface area contributed by atoms with Gasteiger partial charge >= 0.3 is 0 Å². The molecule has 0 saturated carbocycles. The number of benzene rings is 1. The summed E-state index contributed by atoms with van der Waals surface area (Å²) in [7, 11) is 0. The molecule has 0 unspecified atom stereocenters. The summed E-state index contributed by atoms with van der Waals surface area (Å²) in [6, 6.07) is 6.90. The maximum Gasteiger partial charge on any atom is 0.0399 e. The van der Waals surface area contributed by atoms with E-state index in [1.54, 1.807) is 0 Å². The summed E-state index contributed by atoms with van der Waals surface area (Å²) in [5.74, 6) is 0.562. The van der Waals surface area contributed by atoms with E-state index in [1.807, 2.05) is 0 Å². The number of piperazine rings is 1. The molecule has 1 saturated heterocycles. The predicted octanol–water partition coefficient (Wildman–Crippen LogP) is 2.41. The molecule has 0 aliphatic carbocycles. The van der Waals surface area contributed by atoms with E-state index in [-0.39, 0.29) is 0 Å². The van der Waals surface area contributed by atoms with Gasteiger partial charge in [0.1, 0.15) is 0 Å². The van der Waals surface area contributed by atoms with Crippen LogP contribution in [0.2, 0.25) is 0 Å². The van der Waals surface area contributed by atoms with Gasteiger partial charge in [-0.25, -0.2) is 0 Å². The van der Waals surface area contributed by atoms with E-state index < -0.39 is 0 Å². The third kappa shape index (κ3) is 3.53. The van der Waals surface area contributed by atoms with Gasteiger partial charge in [0.2, 0.25) is 0 Å². The van der Waals surface area contributed by atoms with E-state index in [4.69, 9.17) is 5.73 Å². The van der Waals surface area contributed by atoms with Crippen molar-refractivity contribution in [2.24, 2.45) is 11.7 Å². The average molecular weight is 275 g/mol. The zero-order valence-corrected chi connectivity index (χ0v) is 13.4. The van der Waals surface area contributed by atoms with Crippen molar-refractivity contribution in [1.82, 2.24) is 4.90 Å². The van der Waals surface area contributed by atoms with Crippen LogP contribution >= 0.6 is 0 Å². The molecule has 0 bridgehead atoms. The number of anilines is 1. The standard InChI is InChI=1S/C17H29N3/c1-13(2)16(18)12-19-8-10-20(11-9-19)17-7-5-6-14(3)15(17)4/h5-7,13,16H,8-12,18H2,1-4H3/t16-/m1/s1. The molecule has 2 N–H and O–H groups in total. The first-order valence-corrected chi connectivity index (χ1v) is 7.78. The second kappa shape index (κ2) is 6.59. The molecule has 1 atom stereocenters. The van der Waals surface area contributed by atoms with Gasteiger partial charge in [-0.2, -0.15) is 0 Å². The molecule has 1 aromatic rings. The summed E-state index contributed by atoms with van der Waals surface area (Å²) in [6.07, 6.45) is 0. The van der Waals surface area contributed by atoms with E-state index in [9.17, 15) is 0 Å². The Balaban J connectivity index is 1.93. The Labute approximate surface area is 123 Å². The van der Waals surface area contributed by atoms with Crippen molar-refractivity contribution < 1.29 is 0 Å². The Hall–Kier alpha value is -1.06. The monoisotopic (exact) mass is 275 g/mol. The van der Waals surface area contributed by atoms with Crippen molar-refractivity contribution >= 4 is 5.69 Å². The van der Waals surface area contributed by atoms with Crippen LogP contribution in [0.15, 0.2) is 18.2 Å². The lowest BCUT2D eigenvalue weighted by Crippen LogP contribution is -2.51. The lowest BCUT2D eigenvalue weighted by Gasteiger charge is -2.38. The Morgan fingerprint density at radius 1 is 1.10 bits per heavy atom. The van der Waals surface area contributed by atoms with Gasteiger partial charge in [0.15, 0.2) is 0 Å². The Bertz CT molecular complexity index is 434. The van der Waals surface area contributed by atoms with Crippen LogP contribution in [0.3, 0.4) is 0 Å². The molecular weight excluding hydrogens is 246 g/mol. The lowest BCUT2D eigenvalue weighted by molar-refractivity contribution is 0.226. The van der Waals surface area contributed by atoms with Crippen molar-refractivity contribution in [2.75, 3.05) is 37.6 Å². The van der Waals surface area contributed by atoms with Gasteiger partial charge in [0.05, 0.1) is 0 Å². The normalized spacial score (nSPS) is 18.6. The van der Waals surface area contributed by atoms with Gasteiger partial charge in [-0.3, -0.25) is 4.90 Å². The molecule has 1 heterocycles. The van der Waals surface area contributed by atoms with Crippen molar-refractivity contribution in [1.29, 1.82) is 0 Å². The first-order chi connectivity index (χ1) is 9.49. The molecule has 3 nitrogen and oxygen atoms in total. The van der Waals surface area contributed by atoms with E-state index in [2.05, 4.69) is 55.7 Å². The van der Waals surface area contributed by atoms with Crippen LogP contribution in [-0.4, -0.2) is 43.7 Å². The fourth-order valence-electron chi connectivity index (χ4n) is 2.76. The summed E-state index contributed by atoms with van der Waals surface area (Å²) in [5.41, 5.74) is 10.4. The van der Waals surface area contributed by atoms with Crippen LogP contribution in [0.1, 0.15) is 25.0 Å². The molecule has 3 heteroatoms. The molecule has 1 aromatic carbocycles. The topological polar surface area (TPSA) is 32.5 Å². The van der Waals surface area contributed by atoms with Gasteiger partial charge in [0, 0.05) is 44.5 Å². The molecule has 112 valence electrons. The zero-order chi connectivity index (χ0) is 14.7. The molecule has 20 heavy (non-hydrogen) atoms. The van der Waals surface area contributed by atoms with Crippen LogP contribution in [0.5, 0.6) is 0 Å². The van der Waals surface area contributed by atoms with Gasteiger partial charge in [-0.1, -0.05) is 26.0 Å². The third-order valence-electron chi connectivity index (χ3n) is 4.61. The fourth-order valence-corrected chi connectivity index (χ4v) is 2.76. The van der Waals surface area contributed by atoms with Crippen LogP contribution in [-0.2, 0) is 0 Å². The van der Waals surface area contributed by atoms with Gasteiger partial charge in [-0.15, -0.1) is 0 Å². The average Bonchev–Trinajstić information content (AvgIpc) is 2.43. The van der Waals surface area contributed by atoms with Crippen molar-refractivity contribution in [3.63, 3.8) is 0 Å². The first kappa shape index (κ1) is 15.3. The van der Waals surface area contributed by atoms with Crippen molar-refractivity contribution in [2.45, 2.75) is 33.7 Å². The summed E-state index contributed by atoms with van der Waals surface area (Å²) in [6.45, 7) is 14.3. The van der Waals surface area contributed by atoms with Gasteiger partial charge in [0.25, 0.3) is 0 Å². The first-order valence-electron chi connectivity index (χ1n) is 7.78. The van der Waals surface area contributed by atoms with E-state index in [0.29, 0.717) is 12.0 Å². The van der Waals surface area contributed by atoms with Crippen LogP contribution in [0.4, 0.5) is 5.69 Å². The quantitative estimate of drug-likeness (QED) is 0.916. The smallest absolute Gasteiger partial charge is 0.0399 e. The van der Waals surface area contributed by atoms with Crippen molar-refractivity contribution in [3.8, 4) is 0 Å². The van der Waals surface area contributed by atoms with Crippen molar-refractivity contribution in [3.05, 3.63) is 29.3 Å². The number of hydrogen-bond acceptors (Lipinski definition) is 3. The highest BCUT2D eigenvalue weighted by molar-refractivity contribution is 5.56. The zero-order valence-electron chi connectivity index (χ0n) is 13.4. The second-order valence-electron chi connectivity index (χ2n) is 6.41. The predicted molar refractivity (Wildman–Crippen MR) is 87.4 cm³/mol. The minimum atomic E-state index is 0.294. The summed E-state index contributed by atoms with van der Waals surface area (Å²) >= 11 is 0. The second-order valence-corrected chi connectivity index (χ2v) is 6.41. The highest BCUT2D eigenvalue weighted by Gasteiger charge is 2.21. The molecule has 0 spiro atoms. The fraction of sp³-hybridized carbons (Fsp3) is 0.647. The molecule has 0 amide bonds. The van der Waals surface area contributed by atoms with Crippen LogP contribution < -0.4 is 10.6 Å². The Morgan fingerprint density at radius 2 is 1.75 bits per heavy atom. The molecule has 0 aromatic heterocycles. The highest BCUT2D eigenvalue weighted by atomic mass is 15.3. The molecule has 1 aliphatic rings. The summed E-state index contributed by atoms with van der Waals surface area (Å²) in [4.78, 5) is 5.02. The number of nitrogens with two attached hydrogens (primary N) is 1. The summed E-state index contributed by atoms with van der Waals surface area (Å²) < 4.78 is 0. The van der Waals surface area contributed by atoms with Crippen LogP contribution in [0.25, 0.3) is 0 Å². The van der Waals surface area contributed by atoms with Gasteiger partial charge in [-0.05, 0) is 37.0 Å². The largest absolute Gasteiger partial charge is 0.369 e. The summed E-state index contributed by atoms with van der Waals surface area (Å²) in [5, 5.41) is 0. The Morgan fingerprint density at radius 3 is 2.35 bits per heavy atom. The highest BCUT2D eigenvalue weighted by Crippen LogP contribution is 2.23. The number of nitrogens with zero attached hydrogens (tertiary/aromatic N) is 2. The number of rotatable bonds is 4. The molecule has 1 aliphatic heterocycles. The maximum atomic E-state index is 6.18. The van der Waals surface area contributed by atoms with Crippen LogP contribution in [0, 0.1) is 19.8 Å². The third-order valence-corrected chi connectivity index (χ3v) is 4.61. The number of aryl methyl sites for hydroxylation is 1. The van der Waals surface area contributed by atoms with E-state index >= 15 is 0 Å². The van der Waals surface area contributed by atoms with Gasteiger partial charge < -0.3 is 10.6 Å². The van der Waals surface area contributed by atoms with E-state index in [1.165, 1.54) is 16.8 Å². The lowest BCUT2D eigenvalue weighted by atomic mass is 10.0. The molecule has 0 radical (unpaired) electrons. The molecular formula is C17H29N3. The minimum Gasteiger partial charge on any atom is -0.369 e. The molecule has 1 fully saturated rings. The number of hydrogen-bond donors (Lipinski definition) is 1. The minimum absolute atomic E-state index is 0.294. The Kier molecular flexibility index (Phi) is 5.06. The SMILES string of the molecule is Cc1cccc(N2CCN(C[C@@H](N)C(C)C)CC2)c1C. The maximum absolute atomic E-state index is 6.18. The van der Waals surface area contributed by atoms with E-state index in [0.717, 1.165) is 32.7 Å².